The van der Waals surface area contributed by atoms with Crippen LogP contribution in [0.3, 0.4) is 0 Å². The topological polar surface area (TPSA) is 42.2 Å². The van der Waals surface area contributed by atoms with Crippen LogP contribution in [0, 0.1) is 5.41 Å². The first-order valence-electron chi connectivity index (χ1n) is 7.32. The van der Waals surface area contributed by atoms with Gasteiger partial charge in [0, 0.05) is 31.0 Å². The lowest BCUT2D eigenvalue weighted by Crippen LogP contribution is -2.62. The Balaban J connectivity index is 2.20. The van der Waals surface area contributed by atoms with Crippen molar-refractivity contribution in [2.45, 2.75) is 51.6 Å². The lowest BCUT2D eigenvalue weighted by molar-refractivity contribution is -0.0334. The Labute approximate surface area is 117 Å². The van der Waals surface area contributed by atoms with E-state index in [2.05, 4.69) is 42.9 Å². The van der Waals surface area contributed by atoms with Crippen molar-refractivity contribution in [2.24, 2.45) is 11.1 Å². The normalized spacial score (nSPS) is 26.6. The summed E-state index contributed by atoms with van der Waals surface area (Å²) in [7, 11) is 2.22. The molecule has 0 saturated heterocycles. The molecule has 1 atom stereocenters. The molecule has 2 N–H and O–H groups in total. The number of hydrogen-bond donors (Lipinski definition) is 1. The minimum atomic E-state index is 0.120. The van der Waals surface area contributed by atoms with Gasteiger partial charge >= 0.3 is 0 Å². The predicted molar refractivity (Wildman–Crippen MR) is 79.7 cm³/mol. The van der Waals surface area contributed by atoms with Gasteiger partial charge in [0.05, 0.1) is 0 Å². The standard InChI is InChI=1S/C16H27N3/c1-15(2)8-4-5-9-16(15,13-17)19(3)12-14-6-10-18-11-7-14/h6-7,10-11H,4-5,8-9,12-13,17H2,1-3H3. The molecular formula is C16H27N3. The molecule has 1 unspecified atom stereocenters. The van der Waals surface area contributed by atoms with E-state index in [1.807, 2.05) is 12.4 Å². The van der Waals surface area contributed by atoms with E-state index in [1.165, 1.54) is 31.2 Å². The van der Waals surface area contributed by atoms with E-state index in [4.69, 9.17) is 5.73 Å². The van der Waals surface area contributed by atoms with Crippen molar-refractivity contribution in [3.8, 4) is 0 Å². The van der Waals surface area contributed by atoms with Gasteiger partial charge in [-0.1, -0.05) is 26.7 Å². The highest BCUT2D eigenvalue weighted by Gasteiger charge is 2.48. The number of hydrogen-bond acceptors (Lipinski definition) is 3. The molecule has 106 valence electrons. The average molecular weight is 261 g/mol. The number of likely N-dealkylation sites (N-methyl/N-ethyl adjacent to an activating group) is 1. The van der Waals surface area contributed by atoms with Crippen LogP contribution in [0.25, 0.3) is 0 Å². The van der Waals surface area contributed by atoms with Crippen molar-refractivity contribution < 1.29 is 0 Å². The molecule has 1 aliphatic carbocycles. The quantitative estimate of drug-likeness (QED) is 0.906. The lowest BCUT2D eigenvalue weighted by Gasteiger charge is -2.55. The molecule has 2 rings (SSSR count). The number of rotatable bonds is 4. The average Bonchev–Trinajstić information content (AvgIpc) is 2.39. The van der Waals surface area contributed by atoms with E-state index in [0.29, 0.717) is 0 Å². The molecule has 19 heavy (non-hydrogen) atoms. The fraction of sp³-hybridized carbons (Fsp3) is 0.688. The maximum absolute atomic E-state index is 6.21. The van der Waals surface area contributed by atoms with E-state index in [1.54, 1.807) is 0 Å². The molecule has 0 radical (unpaired) electrons. The van der Waals surface area contributed by atoms with Crippen LogP contribution >= 0.6 is 0 Å². The third-order valence-corrected chi connectivity index (χ3v) is 5.14. The summed E-state index contributed by atoms with van der Waals surface area (Å²) >= 11 is 0. The van der Waals surface area contributed by atoms with Crippen LogP contribution in [0.1, 0.15) is 45.1 Å². The second-order valence-electron chi connectivity index (χ2n) is 6.54. The van der Waals surface area contributed by atoms with Crippen molar-refractivity contribution in [1.29, 1.82) is 0 Å². The second-order valence-corrected chi connectivity index (χ2v) is 6.54. The first-order chi connectivity index (χ1) is 9.02. The molecule has 1 fully saturated rings. The summed E-state index contributed by atoms with van der Waals surface area (Å²) < 4.78 is 0. The van der Waals surface area contributed by atoms with E-state index >= 15 is 0 Å². The summed E-state index contributed by atoms with van der Waals surface area (Å²) in [5, 5.41) is 0. The highest BCUT2D eigenvalue weighted by Crippen LogP contribution is 2.46. The van der Waals surface area contributed by atoms with E-state index in [-0.39, 0.29) is 11.0 Å². The number of nitrogens with zero attached hydrogens (tertiary/aromatic N) is 2. The van der Waals surface area contributed by atoms with Crippen LogP contribution in [-0.2, 0) is 6.54 Å². The predicted octanol–water partition coefficient (Wildman–Crippen LogP) is 2.81. The Morgan fingerprint density at radius 2 is 1.84 bits per heavy atom. The molecule has 0 aromatic carbocycles. The molecule has 0 spiro atoms. The van der Waals surface area contributed by atoms with Crippen LogP contribution < -0.4 is 5.73 Å². The Morgan fingerprint density at radius 3 is 2.42 bits per heavy atom. The number of aromatic nitrogens is 1. The van der Waals surface area contributed by atoms with Crippen LogP contribution in [0.4, 0.5) is 0 Å². The van der Waals surface area contributed by atoms with Crippen LogP contribution in [-0.4, -0.2) is 29.0 Å². The third-order valence-electron chi connectivity index (χ3n) is 5.14. The van der Waals surface area contributed by atoms with Gasteiger partial charge in [-0.2, -0.15) is 0 Å². The minimum Gasteiger partial charge on any atom is -0.329 e. The van der Waals surface area contributed by atoms with Gasteiger partial charge in [0.15, 0.2) is 0 Å². The van der Waals surface area contributed by atoms with Crippen LogP contribution in [0.5, 0.6) is 0 Å². The Hall–Kier alpha value is -0.930. The Morgan fingerprint density at radius 1 is 1.21 bits per heavy atom. The molecule has 1 aromatic heterocycles. The molecule has 1 aromatic rings. The first kappa shape index (κ1) is 14.5. The zero-order valence-corrected chi connectivity index (χ0v) is 12.5. The van der Waals surface area contributed by atoms with Gasteiger partial charge in [-0.25, -0.2) is 0 Å². The van der Waals surface area contributed by atoms with Gasteiger partial charge in [-0.15, -0.1) is 0 Å². The molecule has 3 nitrogen and oxygen atoms in total. The van der Waals surface area contributed by atoms with Gasteiger partial charge in [0.2, 0.25) is 0 Å². The lowest BCUT2D eigenvalue weighted by atomic mass is 9.62. The molecule has 1 saturated carbocycles. The summed E-state index contributed by atoms with van der Waals surface area (Å²) in [5.74, 6) is 0. The van der Waals surface area contributed by atoms with Crippen LogP contribution in [0.2, 0.25) is 0 Å². The molecule has 3 heteroatoms. The van der Waals surface area contributed by atoms with E-state index in [0.717, 1.165) is 13.1 Å². The highest BCUT2D eigenvalue weighted by atomic mass is 15.2. The Kier molecular flexibility index (Phi) is 4.26. The highest BCUT2D eigenvalue weighted by molar-refractivity contribution is 5.12. The maximum atomic E-state index is 6.21. The number of pyridine rings is 1. The Bertz CT molecular complexity index is 402. The van der Waals surface area contributed by atoms with Gasteiger partial charge in [-0.05, 0) is 43.0 Å². The van der Waals surface area contributed by atoms with Gasteiger partial charge in [0.1, 0.15) is 0 Å². The van der Waals surface area contributed by atoms with Gasteiger partial charge < -0.3 is 5.73 Å². The van der Waals surface area contributed by atoms with Crippen molar-refractivity contribution in [3.05, 3.63) is 30.1 Å². The minimum absolute atomic E-state index is 0.120. The SMILES string of the molecule is CN(Cc1ccncc1)C1(CN)CCCCC1(C)C. The fourth-order valence-electron chi connectivity index (χ4n) is 3.71. The largest absolute Gasteiger partial charge is 0.329 e. The first-order valence-corrected chi connectivity index (χ1v) is 7.32. The summed E-state index contributed by atoms with van der Waals surface area (Å²) in [5.41, 5.74) is 7.93. The van der Waals surface area contributed by atoms with E-state index in [9.17, 15) is 0 Å². The summed E-state index contributed by atoms with van der Waals surface area (Å²) in [6.45, 7) is 6.44. The zero-order valence-electron chi connectivity index (χ0n) is 12.5. The van der Waals surface area contributed by atoms with Crippen molar-refractivity contribution in [2.75, 3.05) is 13.6 Å². The molecule has 1 aliphatic rings. The summed E-state index contributed by atoms with van der Waals surface area (Å²) in [4.78, 5) is 6.56. The molecule has 0 aliphatic heterocycles. The van der Waals surface area contributed by atoms with Gasteiger partial charge in [-0.3, -0.25) is 9.88 Å². The molecule has 0 bridgehead atoms. The monoisotopic (exact) mass is 261 g/mol. The fourth-order valence-corrected chi connectivity index (χ4v) is 3.71. The maximum Gasteiger partial charge on any atom is 0.0383 e. The van der Waals surface area contributed by atoms with Crippen molar-refractivity contribution >= 4 is 0 Å². The van der Waals surface area contributed by atoms with Gasteiger partial charge in [0.25, 0.3) is 0 Å². The summed E-state index contributed by atoms with van der Waals surface area (Å²) in [6.07, 6.45) is 8.83. The van der Waals surface area contributed by atoms with Crippen LogP contribution in [0.15, 0.2) is 24.5 Å². The second kappa shape index (κ2) is 5.59. The van der Waals surface area contributed by atoms with Crippen molar-refractivity contribution in [3.63, 3.8) is 0 Å². The molecular weight excluding hydrogens is 234 g/mol. The smallest absolute Gasteiger partial charge is 0.0383 e. The molecule has 1 heterocycles. The molecule has 0 amide bonds. The van der Waals surface area contributed by atoms with Crippen molar-refractivity contribution in [1.82, 2.24) is 9.88 Å². The number of nitrogens with two attached hydrogens (primary N) is 1. The summed E-state index contributed by atoms with van der Waals surface area (Å²) in [6, 6.07) is 4.19. The third kappa shape index (κ3) is 2.67. The zero-order chi connectivity index (χ0) is 13.9. The van der Waals surface area contributed by atoms with E-state index < -0.39 is 0 Å².